The fourth-order valence-electron chi connectivity index (χ4n) is 3.88. The maximum absolute atomic E-state index is 13.4. The standard InChI is InChI=1S/C21H25F2N5O3/c1-12-24-19(27-31-12)20(2,14-5-6-14)26-17(29)15-7-8-16(28-10-21(22,23)11-28)18(25-15)30-9-13-3-4-13/h7-8,13-14H,3-6,9-11H2,1-2H3,(H,26,29). The zero-order valence-electron chi connectivity index (χ0n) is 17.5. The Kier molecular flexibility index (Phi) is 4.63. The van der Waals surface area contributed by atoms with Gasteiger partial charge in [-0.1, -0.05) is 5.16 Å². The molecule has 2 aromatic rings. The number of carbonyl (C=O) groups is 1. The quantitative estimate of drug-likeness (QED) is 0.684. The molecule has 2 aromatic heterocycles. The van der Waals surface area contributed by atoms with Gasteiger partial charge in [0.1, 0.15) is 16.9 Å². The van der Waals surface area contributed by atoms with E-state index in [4.69, 9.17) is 9.26 Å². The lowest BCUT2D eigenvalue weighted by atomic mass is 9.94. The number of aryl methyl sites for hydroxylation is 1. The Balaban J connectivity index is 1.38. The summed E-state index contributed by atoms with van der Waals surface area (Å²) in [6.07, 6.45) is 4.08. The van der Waals surface area contributed by atoms with Crippen LogP contribution in [0.2, 0.25) is 0 Å². The predicted octanol–water partition coefficient (Wildman–Crippen LogP) is 3.07. The molecule has 1 aliphatic heterocycles. The van der Waals surface area contributed by atoms with Gasteiger partial charge in [-0.25, -0.2) is 13.8 Å². The fraction of sp³-hybridized carbons (Fsp3) is 0.619. The van der Waals surface area contributed by atoms with Crippen molar-refractivity contribution in [3.05, 3.63) is 29.5 Å². The van der Waals surface area contributed by atoms with E-state index >= 15 is 0 Å². The number of amides is 1. The molecule has 3 fully saturated rings. The second-order valence-corrected chi connectivity index (χ2v) is 9.05. The molecule has 1 amide bonds. The summed E-state index contributed by atoms with van der Waals surface area (Å²) in [6.45, 7) is 3.30. The lowest BCUT2D eigenvalue weighted by Gasteiger charge is -2.40. The van der Waals surface area contributed by atoms with Crippen molar-refractivity contribution in [2.24, 2.45) is 11.8 Å². The third-order valence-electron chi connectivity index (χ3n) is 6.17. The Bertz CT molecular complexity index is 997. The first-order valence-corrected chi connectivity index (χ1v) is 10.6. The van der Waals surface area contributed by atoms with Crippen molar-refractivity contribution in [2.45, 2.75) is 51.0 Å². The van der Waals surface area contributed by atoms with Crippen LogP contribution in [0.3, 0.4) is 0 Å². The predicted molar refractivity (Wildman–Crippen MR) is 106 cm³/mol. The van der Waals surface area contributed by atoms with E-state index in [1.54, 1.807) is 19.1 Å². The summed E-state index contributed by atoms with van der Waals surface area (Å²) in [6, 6.07) is 3.17. The van der Waals surface area contributed by atoms with Gasteiger partial charge in [0.05, 0.1) is 19.7 Å². The number of pyridine rings is 1. The van der Waals surface area contributed by atoms with Crippen LogP contribution in [0, 0.1) is 18.8 Å². The minimum Gasteiger partial charge on any atom is -0.476 e. The second-order valence-electron chi connectivity index (χ2n) is 9.05. The number of halogens is 2. The normalized spacial score (nSPS) is 21.9. The molecule has 2 saturated carbocycles. The Hall–Kier alpha value is -2.78. The highest BCUT2D eigenvalue weighted by molar-refractivity contribution is 5.93. The summed E-state index contributed by atoms with van der Waals surface area (Å²) in [5.74, 6) is -1.34. The van der Waals surface area contributed by atoms with Crippen LogP contribution < -0.4 is 15.0 Å². The minimum absolute atomic E-state index is 0.161. The number of nitrogens with one attached hydrogen (secondary N) is 1. The molecule has 3 heterocycles. The SMILES string of the molecule is Cc1nc(C(C)(NC(=O)c2ccc(N3CC(F)(F)C3)c(OCC3CC3)n2)C2CC2)no1. The van der Waals surface area contributed by atoms with E-state index in [0.717, 1.165) is 25.7 Å². The molecule has 0 spiro atoms. The molecule has 1 atom stereocenters. The minimum atomic E-state index is -2.71. The molecule has 0 radical (unpaired) electrons. The molecular formula is C21H25F2N5O3. The summed E-state index contributed by atoms with van der Waals surface area (Å²) < 4.78 is 37.7. The molecule has 0 aromatic carbocycles. The van der Waals surface area contributed by atoms with Crippen LogP contribution in [0.1, 0.15) is 54.8 Å². The number of rotatable bonds is 8. The van der Waals surface area contributed by atoms with Gasteiger partial charge in [-0.2, -0.15) is 4.98 Å². The van der Waals surface area contributed by atoms with Crippen LogP contribution in [-0.4, -0.2) is 46.7 Å². The summed E-state index contributed by atoms with van der Waals surface area (Å²) in [5.41, 5.74) is -0.125. The third-order valence-corrected chi connectivity index (χ3v) is 6.17. The lowest BCUT2D eigenvalue weighted by Crippen LogP contribution is -2.56. The third kappa shape index (κ3) is 4.07. The van der Waals surface area contributed by atoms with Gasteiger partial charge in [0.15, 0.2) is 5.82 Å². The maximum Gasteiger partial charge on any atom is 0.282 e. The van der Waals surface area contributed by atoms with E-state index in [1.165, 1.54) is 4.90 Å². The fourth-order valence-corrected chi connectivity index (χ4v) is 3.88. The molecule has 10 heteroatoms. The van der Waals surface area contributed by atoms with E-state index in [1.807, 2.05) is 6.92 Å². The van der Waals surface area contributed by atoms with Gasteiger partial charge in [-0.15, -0.1) is 0 Å². The second kappa shape index (κ2) is 7.13. The molecule has 1 N–H and O–H groups in total. The molecule has 1 saturated heterocycles. The highest BCUT2D eigenvalue weighted by Gasteiger charge is 2.48. The Morgan fingerprint density at radius 2 is 2.03 bits per heavy atom. The Morgan fingerprint density at radius 1 is 1.29 bits per heavy atom. The lowest BCUT2D eigenvalue weighted by molar-refractivity contribution is -0.0265. The van der Waals surface area contributed by atoms with Crippen LogP contribution in [0.5, 0.6) is 5.88 Å². The van der Waals surface area contributed by atoms with E-state index < -0.39 is 17.4 Å². The molecule has 8 nitrogen and oxygen atoms in total. The highest BCUT2D eigenvalue weighted by atomic mass is 19.3. The molecular weight excluding hydrogens is 408 g/mol. The van der Waals surface area contributed by atoms with Crippen LogP contribution in [0.15, 0.2) is 16.7 Å². The van der Waals surface area contributed by atoms with Crippen molar-refractivity contribution in [3.63, 3.8) is 0 Å². The van der Waals surface area contributed by atoms with E-state index in [2.05, 4.69) is 20.4 Å². The van der Waals surface area contributed by atoms with Gasteiger partial charge in [0, 0.05) is 6.92 Å². The zero-order chi connectivity index (χ0) is 21.8. The largest absolute Gasteiger partial charge is 0.476 e. The molecule has 3 aliphatic rings. The average Bonchev–Trinajstić information content (AvgIpc) is 3.62. The first kappa shape index (κ1) is 20.1. The molecule has 2 aliphatic carbocycles. The summed E-state index contributed by atoms with van der Waals surface area (Å²) in [5, 5.41) is 7.03. The van der Waals surface area contributed by atoms with Gasteiger partial charge < -0.3 is 19.5 Å². The van der Waals surface area contributed by atoms with Crippen LogP contribution in [0.25, 0.3) is 0 Å². The van der Waals surface area contributed by atoms with Gasteiger partial charge in [0.25, 0.3) is 11.8 Å². The number of hydrogen-bond acceptors (Lipinski definition) is 7. The van der Waals surface area contributed by atoms with Gasteiger partial charge >= 0.3 is 0 Å². The summed E-state index contributed by atoms with van der Waals surface area (Å²) >= 11 is 0. The number of alkyl halides is 2. The number of hydrogen-bond donors (Lipinski definition) is 1. The van der Waals surface area contributed by atoms with Crippen molar-refractivity contribution in [1.82, 2.24) is 20.4 Å². The van der Waals surface area contributed by atoms with E-state index in [-0.39, 0.29) is 30.6 Å². The van der Waals surface area contributed by atoms with Crippen LogP contribution in [-0.2, 0) is 5.54 Å². The van der Waals surface area contributed by atoms with Gasteiger partial charge in [-0.05, 0) is 56.6 Å². The molecule has 5 rings (SSSR count). The first-order chi connectivity index (χ1) is 14.7. The average molecular weight is 433 g/mol. The van der Waals surface area contributed by atoms with Crippen molar-refractivity contribution < 1.29 is 22.8 Å². The van der Waals surface area contributed by atoms with Crippen molar-refractivity contribution in [1.29, 1.82) is 0 Å². The molecule has 31 heavy (non-hydrogen) atoms. The van der Waals surface area contributed by atoms with E-state index in [9.17, 15) is 13.6 Å². The highest BCUT2D eigenvalue weighted by Crippen LogP contribution is 2.45. The summed E-state index contributed by atoms with van der Waals surface area (Å²) in [4.78, 5) is 23.3. The summed E-state index contributed by atoms with van der Waals surface area (Å²) in [7, 11) is 0. The molecule has 1 unspecified atom stereocenters. The van der Waals surface area contributed by atoms with Crippen LogP contribution in [0.4, 0.5) is 14.5 Å². The number of nitrogens with zero attached hydrogens (tertiary/aromatic N) is 4. The van der Waals surface area contributed by atoms with Crippen molar-refractivity contribution >= 4 is 11.6 Å². The number of anilines is 1. The van der Waals surface area contributed by atoms with Crippen molar-refractivity contribution in [3.8, 4) is 5.88 Å². The number of ether oxygens (including phenoxy) is 1. The van der Waals surface area contributed by atoms with Gasteiger partial charge in [-0.3, -0.25) is 4.79 Å². The monoisotopic (exact) mass is 433 g/mol. The van der Waals surface area contributed by atoms with E-state index in [0.29, 0.717) is 29.9 Å². The Labute approximate surface area is 178 Å². The van der Waals surface area contributed by atoms with Crippen molar-refractivity contribution in [2.75, 3.05) is 24.6 Å². The maximum atomic E-state index is 13.4. The first-order valence-electron chi connectivity index (χ1n) is 10.6. The van der Waals surface area contributed by atoms with Gasteiger partial charge in [0.2, 0.25) is 11.8 Å². The number of aromatic nitrogens is 3. The topological polar surface area (TPSA) is 93.4 Å². The smallest absolute Gasteiger partial charge is 0.282 e. The zero-order valence-corrected chi connectivity index (χ0v) is 17.5. The molecule has 166 valence electrons. The Morgan fingerprint density at radius 3 is 2.61 bits per heavy atom. The number of carbonyl (C=O) groups excluding carboxylic acids is 1. The van der Waals surface area contributed by atoms with Crippen LogP contribution >= 0.6 is 0 Å². The molecule has 0 bridgehead atoms.